The molecule has 1 saturated heterocycles. The first-order chi connectivity index (χ1) is 15.0. The van der Waals surface area contributed by atoms with Gasteiger partial charge in [0.2, 0.25) is 11.9 Å². The number of esters is 1. The Bertz CT molecular complexity index is 1100. The van der Waals surface area contributed by atoms with Crippen LogP contribution in [0.25, 0.3) is 10.6 Å². The maximum absolute atomic E-state index is 12.3. The van der Waals surface area contributed by atoms with Crippen LogP contribution in [-0.2, 0) is 14.3 Å². The molecule has 0 spiro atoms. The average molecular weight is 458 g/mol. The lowest BCUT2D eigenvalue weighted by Crippen LogP contribution is -2.40. The maximum atomic E-state index is 12.3. The quantitative estimate of drug-likeness (QED) is 0.556. The highest BCUT2D eigenvalue weighted by atomic mass is 35.5. The van der Waals surface area contributed by atoms with Crippen LogP contribution in [-0.4, -0.2) is 40.0 Å². The standard InChI is InChI=1S/C21H20ClN5O3S/c1-12(16-11-24-19(31-16)13-3-5-14(22)6-4-13)25-21-23-10-9-17(26-21)27-15(20(29)30-2)7-8-18(27)28/h3-6,9-12,15H,7-8H2,1-2H3,(H,23,25,26)/t12-,15?/m1/s1. The Kier molecular flexibility index (Phi) is 6.15. The minimum atomic E-state index is -0.666. The van der Waals surface area contributed by atoms with E-state index in [2.05, 4.69) is 20.3 Å². The number of benzene rings is 1. The number of rotatable bonds is 6. The van der Waals surface area contributed by atoms with E-state index >= 15 is 0 Å². The molecule has 3 aromatic rings. The number of nitrogens with one attached hydrogen (secondary N) is 1. The van der Waals surface area contributed by atoms with Gasteiger partial charge in [0.1, 0.15) is 16.9 Å². The predicted octanol–water partition coefficient (Wildman–Crippen LogP) is 4.10. The topological polar surface area (TPSA) is 97.3 Å². The molecule has 2 atom stereocenters. The van der Waals surface area contributed by atoms with E-state index < -0.39 is 12.0 Å². The number of thiazole rings is 1. The molecule has 1 fully saturated rings. The van der Waals surface area contributed by atoms with Gasteiger partial charge in [0, 0.05) is 34.3 Å². The first-order valence-electron chi connectivity index (χ1n) is 9.67. The molecule has 3 heterocycles. The van der Waals surface area contributed by atoms with Gasteiger partial charge in [-0.25, -0.2) is 14.8 Å². The molecular formula is C21H20ClN5O3S. The van der Waals surface area contributed by atoms with Crippen molar-refractivity contribution in [2.75, 3.05) is 17.3 Å². The summed E-state index contributed by atoms with van der Waals surface area (Å²) in [6.07, 6.45) is 4.05. The fourth-order valence-electron chi connectivity index (χ4n) is 3.36. The van der Waals surface area contributed by atoms with Crippen molar-refractivity contribution in [1.82, 2.24) is 15.0 Å². The van der Waals surface area contributed by atoms with Crippen LogP contribution in [0.4, 0.5) is 11.8 Å². The van der Waals surface area contributed by atoms with Crippen molar-refractivity contribution in [1.29, 1.82) is 0 Å². The highest BCUT2D eigenvalue weighted by molar-refractivity contribution is 7.15. The second kappa shape index (κ2) is 8.99. The molecule has 0 radical (unpaired) electrons. The Hall–Kier alpha value is -3.04. The molecule has 0 aliphatic carbocycles. The van der Waals surface area contributed by atoms with Gasteiger partial charge in [-0.1, -0.05) is 23.7 Å². The van der Waals surface area contributed by atoms with Crippen LogP contribution in [0.5, 0.6) is 0 Å². The number of hydrogen-bond acceptors (Lipinski definition) is 8. The molecule has 8 nitrogen and oxygen atoms in total. The molecule has 0 bridgehead atoms. The first kappa shape index (κ1) is 21.2. The Morgan fingerprint density at radius 2 is 2.06 bits per heavy atom. The third-order valence-corrected chi connectivity index (χ3v) is 6.44. The Labute approximate surface area is 188 Å². The molecule has 4 rings (SSSR count). The van der Waals surface area contributed by atoms with E-state index in [1.807, 2.05) is 37.4 Å². The van der Waals surface area contributed by atoms with Crippen molar-refractivity contribution in [3.63, 3.8) is 0 Å². The monoisotopic (exact) mass is 457 g/mol. The van der Waals surface area contributed by atoms with Crippen LogP contribution < -0.4 is 10.2 Å². The van der Waals surface area contributed by atoms with Crippen LogP contribution in [0.15, 0.2) is 42.7 Å². The lowest BCUT2D eigenvalue weighted by Gasteiger charge is -2.22. The van der Waals surface area contributed by atoms with Gasteiger partial charge < -0.3 is 10.1 Å². The fraction of sp³-hybridized carbons (Fsp3) is 0.286. The third kappa shape index (κ3) is 4.52. The Morgan fingerprint density at radius 3 is 2.81 bits per heavy atom. The number of hydrogen-bond donors (Lipinski definition) is 1. The lowest BCUT2D eigenvalue weighted by atomic mass is 10.2. The Morgan fingerprint density at radius 1 is 1.29 bits per heavy atom. The molecule has 1 aliphatic rings. The van der Waals surface area contributed by atoms with Crippen molar-refractivity contribution in [3.8, 4) is 10.6 Å². The van der Waals surface area contributed by atoms with Crippen molar-refractivity contribution >= 4 is 46.6 Å². The Balaban J connectivity index is 1.51. The summed E-state index contributed by atoms with van der Waals surface area (Å²) in [7, 11) is 1.31. The minimum Gasteiger partial charge on any atom is -0.467 e. The second-order valence-corrected chi connectivity index (χ2v) is 8.52. The van der Waals surface area contributed by atoms with Gasteiger partial charge in [-0.15, -0.1) is 11.3 Å². The number of methoxy groups -OCH3 is 1. The number of aromatic nitrogens is 3. The van der Waals surface area contributed by atoms with Gasteiger partial charge in [-0.3, -0.25) is 9.69 Å². The van der Waals surface area contributed by atoms with E-state index in [1.165, 1.54) is 12.0 Å². The van der Waals surface area contributed by atoms with Gasteiger partial charge in [0.05, 0.1) is 13.2 Å². The second-order valence-electron chi connectivity index (χ2n) is 7.02. The number of halogens is 1. The summed E-state index contributed by atoms with van der Waals surface area (Å²) in [5, 5.41) is 4.81. The van der Waals surface area contributed by atoms with Gasteiger partial charge in [-0.05, 0) is 31.5 Å². The van der Waals surface area contributed by atoms with E-state index in [9.17, 15) is 9.59 Å². The van der Waals surface area contributed by atoms with Crippen LogP contribution >= 0.6 is 22.9 Å². The molecule has 1 N–H and O–H groups in total. The smallest absolute Gasteiger partial charge is 0.329 e. The van der Waals surface area contributed by atoms with Gasteiger partial charge in [0.25, 0.3) is 0 Å². The van der Waals surface area contributed by atoms with Crippen molar-refractivity contribution in [3.05, 3.63) is 52.6 Å². The molecule has 0 saturated carbocycles. The molecule has 1 amide bonds. The number of amides is 1. The van der Waals surface area contributed by atoms with Crippen LogP contribution in [0, 0.1) is 0 Å². The number of nitrogens with zero attached hydrogens (tertiary/aromatic N) is 4. The largest absolute Gasteiger partial charge is 0.467 e. The summed E-state index contributed by atoms with van der Waals surface area (Å²) in [6, 6.07) is 8.36. The van der Waals surface area contributed by atoms with Gasteiger partial charge in [-0.2, -0.15) is 4.98 Å². The van der Waals surface area contributed by atoms with Gasteiger partial charge >= 0.3 is 5.97 Å². The van der Waals surface area contributed by atoms with Crippen molar-refractivity contribution in [2.24, 2.45) is 0 Å². The normalized spacial score (nSPS) is 16.9. The fourth-order valence-corrected chi connectivity index (χ4v) is 4.41. The zero-order chi connectivity index (χ0) is 22.0. The van der Waals surface area contributed by atoms with E-state index in [-0.39, 0.29) is 18.4 Å². The summed E-state index contributed by atoms with van der Waals surface area (Å²) < 4.78 is 4.83. The summed E-state index contributed by atoms with van der Waals surface area (Å²) in [5.74, 6) is 0.110. The highest BCUT2D eigenvalue weighted by Crippen LogP contribution is 2.31. The summed E-state index contributed by atoms with van der Waals surface area (Å²) in [5.41, 5.74) is 0.993. The van der Waals surface area contributed by atoms with Gasteiger partial charge in [0.15, 0.2) is 0 Å². The molecule has 1 unspecified atom stereocenters. The number of carbonyl (C=O) groups excluding carboxylic acids is 2. The molecular weight excluding hydrogens is 438 g/mol. The lowest BCUT2D eigenvalue weighted by molar-refractivity contribution is -0.142. The predicted molar refractivity (Wildman–Crippen MR) is 119 cm³/mol. The molecule has 2 aromatic heterocycles. The summed E-state index contributed by atoms with van der Waals surface area (Å²) in [4.78, 5) is 40.0. The van der Waals surface area contributed by atoms with Crippen LogP contribution in [0.2, 0.25) is 5.02 Å². The zero-order valence-electron chi connectivity index (χ0n) is 16.9. The zero-order valence-corrected chi connectivity index (χ0v) is 18.5. The maximum Gasteiger partial charge on any atom is 0.329 e. The SMILES string of the molecule is COC(=O)C1CCC(=O)N1c1ccnc(N[C@H](C)c2cnc(-c3ccc(Cl)cc3)s2)n1. The molecule has 10 heteroatoms. The van der Waals surface area contributed by atoms with Crippen LogP contribution in [0.3, 0.4) is 0 Å². The van der Waals surface area contributed by atoms with E-state index in [1.54, 1.807) is 23.6 Å². The van der Waals surface area contributed by atoms with E-state index in [4.69, 9.17) is 16.3 Å². The minimum absolute atomic E-state index is 0.112. The van der Waals surface area contributed by atoms with Crippen LogP contribution in [0.1, 0.15) is 30.7 Å². The van der Waals surface area contributed by atoms with Crippen molar-refractivity contribution < 1.29 is 14.3 Å². The third-order valence-electron chi connectivity index (χ3n) is 4.96. The highest BCUT2D eigenvalue weighted by Gasteiger charge is 2.38. The summed E-state index contributed by atoms with van der Waals surface area (Å²) in [6.45, 7) is 1.98. The molecule has 31 heavy (non-hydrogen) atoms. The molecule has 160 valence electrons. The first-order valence-corrected chi connectivity index (χ1v) is 10.9. The average Bonchev–Trinajstić information content (AvgIpc) is 3.41. The number of carbonyl (C=O) groups is 2. The molecule has 1 aromatic carbocycles. The van der Waals surface area contributed by atoms with E-state index in [0.29, 0.717) is 23.2 Å². The number of anilines is 2. The number of ether oxygens (including phenoxy) is 1. The summed E-state index contributed by atoms with van der Waals surface area (Å²) >= 11 is 7.52. The van der Waals surface area contributed by atoms with Crippen molar-refractivity contribution in [2.45, 2.75) is 31.8 Å². The molecule has 1 aliphatic heterocycles. The van der Waals surface area contributed by atoms with E-state index in [0.717, 1.165) is 15.4 Å².